The third kappa shape index (κ3) is 7.01. The molecule has 0 aliphatic carbocycles. The van der Waals surface area contributed by atoms with Crippen LogP contribution in [0.4, 0.5) is 5.69 Å². The van der Waals surface area contributed by atoms with Gasteiger partial charge in [-0.15, -0.1) is 0 Å². The molecule has 0 saturated carbocycles. The maximum atomic E-state index is 12.2. The van der Waals surface area contributed by atoms with E-state index in [0.717, 1.165) is 44.6 Å². The normalized spacial score (nSPS) is 13.9. The fourth-order valence-electron chi connectivity index (χ4n) is 6.09. The molecule has 2 amide bonds. The number of ketones is 1. The molecular weight excluding hydrogens is 614 g/mol. The fraction of sp³-hybridized carbons (Fsp3) is 0.200. The number of imide groups is 1. The minimum atomic E-state index is -0.679. The van der Waals surface area contributed by atoms with E-state index in [0.29, 0.717) is 40.7 Å². The Bertz CT molecular complexity index is 2090. The SMILES string of the molecule is Cc1ccc(-c2nc(-c3ccc(C)cc3C)nc(-c3cc(CN(C)c4ccc(/C=C5\C(=O)CC(=O)NC5=O)cc4)cc(C)c3O)n2)c(C)c1. The van der Waals surface area contributed by atoms with Gasteiger partial charge in [0, 0.05) is 30.4 Å². The van der Waals surface area contributed by atoms with Crippen LogP contribution in [0, 0.1) is 34.6 Å². The van der Waals surface area contributed by atoms with Crippen LogP contribution >= 0.6 is 0 Å². The Balaban J connectivity index is 1.35. The number of hydrogen-bond donors (Lipinski definition) is 2. The molecule has 1 aliphatic heterocycles. The molecule has 9 nitrogen and oxygen atoms in total. The standard InChI is InChI=1S/C40H37N5O4/c1-22-7-13-30(24(3)15-22)37-42-38(31-14-8-23(2)16-25(31)4)44-39(43-37)33-19-28(17-26(5)36(33)48)21-45(6)29-11-9-27(10-12-29)18-32-34(46)20-35(47)41-40(32)49/h7-19,48H,20-21H2,1-6H3,(H,41,47,49)/b32-18+. The highest BCUT2D eigenvalue weighted by Gasteiger charge is 2.28. The molecule has 1 aromatic heterocycles. The predicted molar refractivity (Wildman–Crippen MR) is 191 cm³/mol. The van der Waals surface area contributed by atoms with Gasteiger partial charge < -0.3 is 10.0 Å². The number of anilines is 1. The van der Waals surface area contributed by atoms with Crippen LogP contribution in [0.3, 0.4) is 0 Å². The smallest absolute Gasteiger partial charge is 0.261 e. The molecule has 2 N–H and O–H groups in total. The summed E-state index contributed by atoms with van der Waals surface area (Å²) < 4.78 is 0. The van der Waals surface area contributed by atoms with Gasteiger partial charge in [0.25, 0.3) is 5.91 Å². The molecule has 5 aromatic rings. The second kappa shape index (κ2) is 13.3. The predicted octanol–water partition coefficient (Wildman–Crippen LogP) is 6.76. The van der Waals surface area contributed by atoms with E-state index in [1.807, 2.05) is 88.5 Å². The third-order valence-corrected chi connectivity index (χ3v) is 8.67. The summed E-state index contributed by atoms with van der Waals surface area (Å²) in [6.45, 7) is 10.6. The van der Waals surface area contributed by atoms with Gasteiger partial charge in [-0.1, -0.05) is 65.7 Å². The molecular formula is C40H37N5O4. The molecule has 6 rings (SSSR count). The highest BCUT2D eigenvalue weighted by atomic mass is 16.3. The van der Waals surface area contributed by atoms with Crippen LogP contribution in [0.25, 0.3) is 40.2 Å². The molecule has 246 valence electrons. The lowest BCUT2D eigenvalue weighted by Gasteiger charge is -2.21. The lowest BCUT2D eigenvalue weighted by molar-refractivity contribution is -0.134. The zero-order chi connectivity index (χ0) is 35.0. The highest BCUT2D eigenvalue weighted by Crippen LogP contribution is 2.35. The van der Waals surface area contributed by atoms with Crippen molar-refractivity contribution < 1.29 is 19.5 Å². The van der Waals surface area contributed by atoms with Crippen molar-refractivity contribution in [1.29, 1.82) is 0 Å². The summed E-state index contributed by atoms with van der Waals surface area (Å²) in [6.07, 6.45) is 1.16. The van der Waals surface area contributed by atoms with E-state index in [1.165, 1.54) is 6.08 Å². The van der Waals surface area contributed by atoms with Gasteiger partial charge >= 0.3 is 0 Å². The monoisotopic (exact) mass is 651 g/mol. The van der Waals surface area contributed by atoms with Crippen molar-refractivity contribution in [1.82, 2.24) is 20.3 Å². The lowest BCUT2D eigenvalue weighted by atomic mass is 10.0. The summed E-state index contributed by atoms with van der Waals surface area (Å²) in [5.74, 6) is -0.204. The molecule has 0 bridgehead atoms. The number of Topliss-reactive ketones (excluding diaryl/α,β-unsaturated/α-hetero) is 1. The van der Waals surface area contributed by atoms with Crippen molar-refractivity contribution in [2.45, 2.75) is 47.6 Å². The number of aryl methyl sites for hydroxylation is 5. The number of hydrogen-bond acceptors (Lipinski definition) is 8. The maximum Gasteiger partial charge on any atom is 0.261 e. The van der Waals surface area contributed by atoms with E-state index >= 15 is 0 Å². The molecule has 0 spiro atoms. The number of amides is 2. The molecule has 1 saturated heterocycles. The first kappa shape index (κ1) is 33.0. The molecule has 49 heavy (non-hydrogen) atoms. The van der Waals surface area contributed by atoms with Crippen molar-refractivity contribution in [3.8, 4) is 39.9 Å². The van der Waals surface area contributed by atoms with Gasteiger partial charge in [0.2, 0.25) is 5.91 Å². The van der Waals surface area contributed by atoms with E-state index in [9.17, 15) is 19.5 Å². The van der Waals surface area contributed by atoms with Crippen molar-refractivity contribution in [3.63, 3.8) is 0 Å². The molecule has 4 aromatic carbocycles. The average Bonchev–Trinajstić information content (AvgIpc) is 3.04. The van der Waals surface area contributed by atoms with Crippen molar-refractivity contribution in [2.75, 3.05) is 11.9 Å². The van der Waals surface area contributed by atoms with Gasteiger partial charge in [-0.3, -0.25) is 19.7 Å². The Morgan fingerprint density at radius 3 is 1.80 bits per heavy atom. The Morgan fingerprint density at radius 2 is 1.27 bits per heavy atom. The van der Waals surface area contributed by atoms with Gasteiger partial charge in [-0.05, 0) is 86.7 Å². The number of benzene rings is 4. The number of piperidine rings is 1. The molecule has 2 heterocycles. The van der Waals surface area contributed by atoms with Crippen LogP contribution in [0.5, 0.6) is 5.75 Å². The summed E-state index contributed by atoms with van der Waals surface area (Å²) >= 11 is 0. The molecule has 1 aliphatic rings. The minimum absolute atomic E-state index is 0.0347. The Morgan fingerprint density at radius 1 is 0.714 bits per heavy atom. The summed E-state index contributed by atoms with van der Waals surface area (Å²) in [6, 6.07) is 23.6. The lowest BCUT2D eigenvalue weighted by Crippen LogP contribution is -2.40. The third-order valence-electron chi connectivity index (χ3n) is 8.67. The number of aromatic hydroxyl groups is 1. The van der Waals surface area contributed by atoms with Crippen molar-refractivity contribution >= 4 is 29.4 Å². The van der Waals surface area contributed by atoms with Crippen LogP contribution in [0.1, 0.15) is 45.4 Å². The van der Waals surface area contributed by atoms with Gasteiger partial charge in [0.15, 0.2) is 23.3 Å². The van der Waals surface area contributed by atoms with E-state index < -0.39 is 17.6 Å². The second-order valence-corrected chi connectivity index (χ2v) is 12.7. The first-order valence-corrected chi connectivity index (χ1v) is 16.0. The van der Waals surface area contributed by atoms with Gasteiger partial charge in [0.1, 0.15) is 5.75 Å². The van der Waals surface area contributed by atoms with E-state index in [1.54, 1.807) is 0 Å². The van der Waals surface area contributed by atoms with Crippen LogP contribution in [0.15, 0.2) is 78.4 Å². The Hall–Kier alpha value is -5.96. The van der Waals surface area contributed by atoms with Gasteiger partial charge in [0.05, 0.1) is 17.6 Å². The summed E-state index contributed by atoms with van der Waals surface area (Å²) in [4.78, 5) is 52.7. The maximum absolute atomic E-state index is 12.2. The molecule has 1 fully saturated rings. The van der Waals surface area contributed by atoms with Gasteiger partial charge in [-0.25, -0.2) is 15.0 Å². The number of phenols is 1. The quantitative estimate of drug-likeness (QED) is 0.0857. The largest absolute Gasteiger partial charge is 0.507 e. The summed E-state index contributed by atoms with van der Waals surface area (Å²) in [5, 5.41) is 13.5. The zero-order valence-electron chi connectivity index (χ0n) is 28.4. The number of nitrogens with zero attached hydrogens (tertiary/aromatic N) is 4. The first-order chi connectivity index (χ1) is 23.4. The second-order valence-electron chi connectivity index (χ2n) is 12.7. The van der Waals surface area contributed by atoms with Crippen LogP contribution < -0.4 is 10.2 Å². The topological polar surface area (TPSA) is 125 Å². The van der Waals surface area contributed by atoms with Crippen molar-refractivity contribution in [2.24, 2.45) is 0 Å². The van der Waals surface area contributed by atoms with Crippen LogP contribution in [0.2, 0.25) is 0 Å². The summed E-state index contributed by atoms with van der Waals surface area (Å²) in [7, 11) is 1.96. The zero-order valence-corrected chi connectivity index (χ0v) is 28.4. The first-order valence-electron chi connectivity index (χ1n) is 16.0. The number of carbonyl (C=O) groups is 3. The number of carbonyl (C=O) groups excluding carboxylic acids is 3. The van der Waals surface area contributed by atoms with Gasteiger partial charge in [-0.2, -0.15) is 0 Å². The van der Waals surface area contributed by atoms with Crippen LogP contribution in [-0.4, -0.2) is 44.7 Å². The Labute approximate surface area is 285 Å². The van der Waals surface area contributed by atoms with E-state index in [4.69, 9.17) is 15.0 Å². The van der Waals surface area contributed by atoms with E-state index in [2.05, 4.69) is 36.2 Å². The molecule has 0 unspecified atom stereocenters. The van der Waals surface area contributed by atoms with Crippen molar-refractivity contribution in [3.05, 3.63) is 117 Å². The number of aromatic nitrogens is 3. The minimum Gasteiger partial charge on any atom is -0.507 e. The molecule has 9 heteroatoms. The fourth-order valence-corrected chi connectivity index (χ4v) is 6.09. The average molecular weight is 652 g/mol. The molecule has 0 atom stereocenters. The number of rotatable bonds is 7. The molecule has 0 radical (unpaired) electrons. The van der Waals surface area contributed by atoms with Crippen LogP contribution in [-0.2, 0) is 20.9 Å². The highest BCUT2D eigenvalue weighted by molar-refractivity contribution is 6.32. The summed E-state index contributed by atoms with van der Waals surface area (Å²) in [5.41, 5.74) is 9.86. The Kier molecular flexibility index (Phi) is 8.93. The van der Waals surface area contributed by atoms with E-state index in [-0.39, 0.29) is 17.7 Å². The number of nitrogens with one attached hydrogen (secondary N) is 1. The number of phenolic OH excluding ortho intramolecular Hbond substituents is 1.